The fraction of sp³-hybridized carbons (Fsp3) is 0.357. The maximum absolute atomic E-state index is 12.3. The second-order valence-corrected chi connectivity index (χ2v) is 13.5. The summed E-state index contributed by atoms with van der Waals surface area (Å²) in [7, 11) is 3.15. The third-order valence-electron chi connectivity index (χ3n) is 9.03. The van der Waals surface area contributed by atoms with Crippen molar-refractivity contribution in [3.63, 3.8) is 0 Å². The van der Waals surface area contributed by atoms with Gasteiger partial charge < -0.3 is 45.0 Å². The van der Waals surface area contributed by atoms with Gasteiger partial charge in [-0.3, -0.25) is 0 Å². The molecule has 15 heteroatoms. The molecule has 1 aliphatic rings. The largest absolute Gasteiger partial charge is 0.453 e. The van der Waals surface area contributed by atoms with Gasteiger partial charge in [-0.05, 0) is 53.3 Å². The Morgan fingerprint density at radius 3 is 2.14 bits per heavy atom. The normalized spacial score (nSPS) is 17.0. The van der Waals surface area contributed by atoms with Crippen LogP contribution in [0.4, 0.5) is 28.4 Å². The fourth-order valence-electron chi connectivity index (χ4n) is 6.18. The van der Waals surface area contributed by atoms with Gasteiger partial charge in [-0.25, -0.2) is 9.59 Å². The van der Waals surface area contributed by atoms with Crippen LogP contribution in [-0.2, 0) is 36.8 Å². The number of rotatable bonds is 16. The van der Waals surface area contributed by atoms with Crippen molar-refractivity contribution >= 4 is 35.8 Å². The van der Waals surface area contributed by atoms with E-state index in [9.17, 15) is 27.6 Å². The molecule has 4 aromatic rings. The summed E-state index contributed by atoms with van der Waals surface area (Å²) in [5, 5.41) is 11.4. The van der Waals surface area contributed by atoms with Crippen LogP contribution in [0.3, 0.4) is 0 Å². The first-order valence-corrected chi connectivity index (χ1v) is 18.7. The van der Waals surface area contributed by atoms with E-state index < -0.39 is 43.1 Å². The molecule has 306 valence electrons. The van der Waals surface area contributed by atoms with E-state index in [1.165, 1.54) is 12.7 Å². The summed E-state index contributed by atoms with van der Waals surface area (Å²) in [4.78, 5) is 34.6. The summed E-state index contributed by atoms with van der Waals surface area (Å²) >= 11 is 5.92. The quantitative estimate of drug-likeness (QED) is 0.0861. The molecular formula is C42H48ClF3N4O7. The number of benzene rings is 4. The molecule has 1 heterocycles. The van der Waals surface area contributed by atoms with Crippen LogP contribution in [0.1, 0.15) is 34.6 Å². The molecule has 0 aromatic heterocycles. The van der Waals surface area contributed by atoms with Crippen molar-refractivity contribution < 1.29 is 46.5 Å². The summed E-state index contributed by atoms with van der Waals surface area (Å²) in [5.74, 6) is -0.260. The number of morpholine rings is 1. The molecule has 5 rings (SSSR count). The second-order valence-electron chi connectivity index (χ2n) is 13.1. The number of para-hydroxylation sites is 1. The van der Waals surface area contributed by atoms with Gasteiger partial charge >= 0.3 is 18.4 Å². The molecule has 57 heavy (non-hydrogen) atoms. The number of anilines is 1. The number of methoxy groups -OCH3 is 1. The molecule has 4 atom stereocenters. The van der Waals surface area contributed by atoms with Gasteiger partial charge in [0.05, 0.1) is 44.6 Å². The highest BCUT2D eigenvalue weighted by Crippen LogP contribution is 2.27. The predicted molar refractivity (Wildman–Crippen MR) is 211 cm³/mol. The van der Waals surface area contributed by atoms with Gasteiger partial charge in [0, 0.05) is 30.2 Å². The number of nitrogens with one attached hydrogen (secondary N) is 4. The lowest BCUT2D eigenvalue weighted by molar-refractivity contribution is -0.125. The van der Waals surface area contributed by atoms with E-state index in [0.29, 0.717) is 18.2 Å². The Hall–Kier alpha value is -5.15. The van der Waals surface area contributed by atoms with E-state index in [0.717, 1.165) is 41.5 Å². The van der Waals surface area contributed by atoms with Crippen LogP contribution in [0.5, 0.6) is 0 Å². The Morgan fingerprint density at radius 2 is 1.54 bits per heavy atom. The van der Waals surface area contributed by atoms with Crippen LogP contribution in [0.2, 0.25) is 5.02 Å². The van der Waals surface area contributed by atoms with Gasteiger partial charge in [-0.1, -0.05) is 103 Å². The first-order valence-electron chi connectivity index (χ1n) is 18.3. The van der Waals surface area contributed by atoms with Gasteiger partial charge in [-0.15, -0.1) is 0 Å². The maximum atomic E-state index is 12.3. The highest BCUT2D eigenvalue weighted by Gasteiger charge is 2.33. The second kappa shape index (κ2) is 23.2. The summed E-state index contributed by atoms with van der Waals surface area (Å²) in [6.45, 7) is -0.569. The zero-order valence-electron chi connectivity index (χ0n) is 31.7. The van der Waals surface area contributed by atoms with Crippen LogP contribution in [0.25, 0.3) is 0 Å². The molecule has 1 fully saturated rings. The average Bonchev–Trinajstić information content (AvgIpc) is 3.23. The molecule has 4 N–H and O–H groups in total. The smallest absolute Gasteiger partial charge is 0.407 e. The Morgan fingerprint density at radius 1 is 0.912 bits per heavy atom. The Balaban J connectivity index is 0.000000290. The highest BCUT2D eigenvalue weighted by molar-refractivity contribution is 6.30. The summed E-state index contributed by atoms with van der Waals surface area (Å²) in [6.07, 6.45) is -4.57. The molecule has 0 aliphatic carbocycles. The zero-order valence-corrected chi connectivity index (χ0v) is 32.4. The van der Waals surface area contributed by atoms with E-state index >= 15 is 0 Å². The number of hydrogen-bond donors (Lipinski definition) is 4. The van der Waals surface area contributed by atoms with Crippen molar-refractivity contribution in [3.8, 4) is 0 Å². The van der Waals surface area contributed by atoms with Crippen molar-refractivity contribution in [1.29, 1.82) is 0 Å². The lowest BCUT2D eigenvalue weighted by Gasteiger charge is -2.37. The number of ether oxygens (including phenoxy) is 4. The fourth-order valence-corrected chi connectivity index (χ4v) is 6.30. The third kappa shape index (κ3) is 15.4. The van der Waals surface area contributed by atoms with Crippen molar-refractivity contribution in [2.75, 3.05) is 45.8 Å². The maximum Gasteiger partial charge on any atom is 0.407 e. The number of carbonyl (C=O) groups excluding carboxylic acids is 3. The summed E-state index contributed by atoms with van der Waals surface area (Å²) in [6, 6.07) is 33.4. The molecule has 1 unspecified atom stereocenters. The summed E-state index contributed by atoms with van der Waals surface area (Å²) < 4.78 is 58.7. The number of hydrogen-bond acceptors (Lipinski definition) is 9. The molecule has 0 bridgehead atoms. The number of aldehydes is 1. The van der Waals surface area contributed by atoms with Gasteiger partial charge in [0.15, 0.2) is 0 Å². The monoisotopic (exact) mass is 812 g/mol. The van der Waals surface area contributed by atoms with Crippen LogP contribution in [0.15, 0.2) is 109 Å². The Kier molecular flexibility index (Phi) is 18.1. The SMILES string of the molecule is CNc1ccccc1CC[C@@H]1CN[C@H](COC(=O)NCC(F)(F)F)[C@@H](COCc2ccc(Cl)cc2)O1.COC(=O)NC(C=O)C(c1ccccc1)c1ccccc1. The number of alkyl halides is 3. The Labute approximate surface area is 335 Å². The molecular weight excluding hydrogens is 765 g/mol. The van der Waals surface area contributed by atoms with Gasteiger partial charge in [0.1, 0.15) is 19.4 Å². The molecule has 0 spiro atoms. The lowest BCUT2D eigenvalue weighted by Crippen LogP contribution is -2.56. The van der Waals surface area contributed by atoms with Crippen molar-refractivity contribution in [3.05, 3.63) is 136 Å². The van der Waals surface area contributed by atoms with E-state index in [-0.39, 0.29) is 25.2 Å². The summed E-state index contributed by atoms with van der Waals surface area (Å²) in [5.41, 5.74) is 5.07. The number of alkyl carbamates (subject to hydrolysis) is 2. The standard InChI is InChI=1S/C25H31ClF3N3O4.C17H17NO3/c1-30-21-5-3-2-4-18(21)8-11-20-12-31-22(14-35-24(33)32-16-25(27,28)29)23(36-20)15-34-13-17-6-9-19(26)10-7-17;1-21-17(20)18-15(12-19)16(13-8-4-2-5-9-13)14-10-6-3-7-11-14/h2-7,9-10,20,22-23,30-31H,8,11-16H2,1H3,(H,32,33);2-12,15-16H,1H3,(H,18,20)/t20-,22-,23-;/m1./s1. The lowest BCUT2D eigenvalue weighted by atomic mass is 9.85. The van der Waals surface area contributed by atoms with E-state index in [1.807, 2.05) is 98.0 Å². The topological polar surface area (TPSA) is 136 Å². The Bertz CT molecular complexity index is 1770. The van der Waals surface area contributed by atoms with Crippen molar-refractivity contribution in [2.45, 2.75) is 55.8 Å². The van der Waals surface area contributed by atoms with E-state index in [1.54, 1.807) is 17.4 Å². The molecule has 0 saturated carbocycles. The highest BCUT2D eigenvalue weighted by atomic mass is 35.5. The van der Waals surface area contributed by atoms with Gasteiger partial charge in [0.2, 0.25) is 0 Å². The first-order chi connectivity index (χ1) is 27.5. The minimum absolute atomic E-state index is 0.116. The molecule has 1 aliphatic heterocycles. The number of aryl methyl sites for hydroxylation is 1. The average molecular weight is 813 g/mol. The zero-order chi connectivity index (χ0) is 41.0. The van der Waals surface area contributed by atoms with Gasteiger partial charge in [0.25, 0.3) is 0 Å². The van der Waals surface area contributed by atoms with Crippen LogP contribution in [-0.4, -0.2) is 89.4 Å². The molecule has 4 aromatic carbocycles. The van der Waals surface area contributed by atoms with Gasteiger partial charge in [-0.2, -0.15) is 13.2 Å². The number of halogens is 4. The molecule has 0 radical (unpaired) electrons. The minimum atomic E-state index is -4.51. The first kappa shape index (κ1) is 44.6. The number of amides is 2. The van der Waals surface area contributed by atoms with Crippen LogP contribution < -0.4 is 21.3 Å². The third-order valence-corrected chi connectivity index (χ3v) is 9.28. The van der Waals surface area contributed by atoms with E-state index in [4.69, 9.17) is 25.8 Å². The van der Waals surface area contributed by atoms with Crippen molar-refractivity contribution in [2.24, 2.45) is 0 Å². The minimum Gasteiger partial charge on any atom is -0.453 e. The molecule has 11 nitrogen and oxygen atoms in total. The van der Waals surface area contributed by atoms with Crippen molar-refractivity contribution in [1.82, 2.24) is 16.0 Å². The van der Waals surface area contributed by atoms with Crippen LogP contribution in [0, 0.1) is 0 Å². The number of carbonyl (C=O) groups is 3. The predicted octanol–water partition coefficient (Wildman–Crippen LogP) is 7.29. The van der Waals surface area contributed by atoms with Crippen LogP contribution >= 0.6 is 11.6 Å². The van der Waals surface area contributed by atoms with E-state index in [2.05, 4.69) is 26.8 Å². The molecule has 2 amide bonds. The molecule has 1 saturated heterocycles.